The second kappa shape index (κ2) is 8.12. The normalized spacial score (nSPS) is 17.5. The predicted molar refractivity (Wildman–Crippen MR) is 88.7 cm³/mol. The van der Waals surface area contributed by atoms with Crippen molar-refractivity contribution in [2.75, 3.05) is 19.8 Å². The van der Waals surface area contributed by atoms with Crippen LogP contribution < -0.4 is 10.6 Å². The van der Waals surface area contributed by atoms with E-state index in [1.807, 2.05) is 31.2 Å². The van der Waals surface area contributed by atoms with Gasteiger partial charge in [-0.25, -0.2) is 9.59 Å². The molecule has 0 unspecified atom stereocenters. The van der Waals surface area contributed by atoms with Gasteiger partial charge in [-0.3, -0.25) is 0 Å². The van der Waals surface area contributed by atoms with Crippen LogP contribution in [0.4, 0.5) is 4.79 Å². The fourth-order valence-electron chi connectivity index (χ4n) is 2.32. The molecule has 0 bridgehead atoms. The SMILES string of the molecule is CCOCCOC(=O)C1=C(C)NC(=O)N[C@@H]1c1ccccc1Br. The Morgan fingerprint density at radius 1 is 1.30 bits per heavy atom. The van der Waals surface area contributed by atoms with Crippen molar-refractivity contribution < 1.29 is 19.1 Å². The largest absolute Gasteiger partial charge is 0.460 e. The molecule has 0 radical (unpaired) electrons. The lowest BCUT2D eigenvalue weighted by molar-refractivity contribution is -0.141. The maximum atomic E-state index is 12.4. The molecule has 0 fully saturated rings. The number of benzene rings is 1. The van der Waals surface area contributed by atoms with Crippen molar-refractivity contribution in [2.24, 2.45) is 0 Å². The average molecular weight is 383 g/mol. The summed E-state index contributed by atoms with van der Waals surface area (Å²) < 4.78 is 11.2. The first-order valence-electron chi connectivity index (χ1n) is 7.32. The molecule has 6 nitrogen and oxygen atoms in total. The van der Waals surface area contributed by atoms with Crippen LogP contribution in [-0.2, 0) is 14.3 Å². The fourth-order valence-corrected chi connectivity index (χ4v) is 2.84. The highest BCUT2D eigenvalue weighted by Gasteiger charge is 2.33. The van der Waals surface area contributed by atoms with Gasteiger partial charge in [-0.05, 0) is 25.5 Å². The Kier molecular flexibility index (Phi) is 6.18. The number of amides is 2. The summed E-state index contributed by atoms with van der Waals surface area (Å²) in [6, 6.07) is 6.50. The molecule has 1 aromatic carbocycles. The summed E-state index contributed by atoms with van der Waals surface area (Å²) >= 11 is 3.46. The molecule has 7 heteroatoms. The van der Waals surface area contributed by atoms with Crippen molar-refractivity contribution >= 4 is 27.9 Å². The van der Waals surface area contributed by atoms with Crippen molar-refractivity contribution in [3.05, 3.63) is 45.6 Å². The van der Waals surface area contributed by atoms with Gasteiger partial charge in [-0.1, -0.05) is 34.1 Å². The molecular weight excluding hydrogens is 364 g/mol. The summed E-state index contributed by atoms with van der Waals surface area (Å²) in [5.41, 5.74) is 1.65. The molecule has 0 aliphatic carbocycles. The molecule has 1 heterocycles. The van der Waals surface area contributed by atoms with E-state index in [1.165, 1.54) is 0 Å². The minimum atomic E-state index is -0.570. The monoisotopic (exact) mass is 382 g/mol. The molecule has 1 atom stereocenters. The van der Waals surface area contributed by atoms with Crippen molar-refractivity contribution in [1.29, 1.82) is 0 Å². The van der Waals surface area contributed by atoms with E-state index in [-0.39, 0.29) is 12.6 Å². The molecule has 2 rings (SSSR count). The van der Waals surface area contributed by atoms with E-state index in [0.29, 0.717) is 24.5 Å². The number of ether oxygens (including phenoxy) is 2. The summed E-state index contributed by atoms with van der Waals surface area (Å²) in [6.07, 6.45) is 0. The van der Waals surface area contributed by atoms with Crippen molar-refractivity contribution in [3.8, 4) is 0 Å². The highest BCUT2D eigenvalue weighted by Crippen LogP contribution is 2.32. The van der Waals surface area contributed by atoms with Gasteiger partial charge in [0.25, 0.3) is 0 Å². The van der Waals surface area contributed by atoms with E-state index >= 15 is 0 Å². The van der Waals surface area contributed by atoms with Gasteiger partial charge in [-0.15, -0.1) is 0 Å². The highest BCUT2D eigenvalue weighted by molar-refractivity contribution is 9.10. The van der Waals surface area contributed by atoms with E-state index in [1.54, 1.807) is 6.92 Å². The van der Waals surface area contributed by atoms with Gasteiger partial charge in [0.05, 0.1) is 18.2 Å². The van der Waals surface area contributed by atoms with Crippen LogP contribution in [0.1, 0.15) is 25.5 Å². The van der Waals surface area contributed by atoms with E-state index in [4.69, 9.17) is 9.47 Å². The van der Waals surface area contributed by atoms with Crippen molar-refractivity contribution in [1.82, 2.24) is 10.6 Å². The van der Waals surface area contributed by atoms with Crippen LogP contribution >= 0.6 is 15.9 Å². The maximum absolute atomic E-state index is 12.4. The quantitative estimate of drug-likeness (QED) is 0.585. The lowest BCUT2D eigenvalue weighted by Crippen LogP contribution is -2.45. The van der Waals surface area contributed by atoms with Gasteiger partial charge in [0.1, 0.15) is 6.61 Å². The maximum Gasteiger partial charge on any atom is 0.338 e. The number of rotatable bonds is 6. The molecule has 0 saturated heterocycles. The Morgan fingerprint density at radius 2 is 2.04 bits per heavy atom. The zero-order valence-electron chi connectivity index (χ0n) is 13.0. The van der Waals surface area contributed by atoms with Crippen molar-refractivity contribution in [2.45, 2.75) is 19.9 Å². The zero-order chi connectivity index (χ0) is 16.8. The zero-order valence-corrected chi connectivity index (χ0v) is 14.6. The number of nitrogens with one attached hydrogen (secondary N) is 2. The first kappa shape index (κ1) is 17.5. The van der Waals surface area contributed by atoms with Crippen LogP contribution in [0.25, 0.3) is 0 Å². The van der Waals surface area contributed by atoms with E-state index in [2.05, 4.69) is 26.6 Å². The summed E-state index contributed by atoms with van der Waals surface area (Å²) in [5, 5.41) is 5.38. The number of esters is 1. The molecule has 2 N–H and O–H groups in total. The molecular formula is C16H19BrN2O4. The summed E-state index contributed by atoms with van der Waals surface area (Å²) in [4.78, 5) is 24.2. The standard InChI is InChI=1S/C16H19BrN2O4/c1-3-22-8-9-23-15(20)13-10(2)18-16(21)19-14(13)11-6-4-5-7-12(11)17/h4-7,14H,3,8-9H2,1-2H3,(H2,18,19,21)/t14-/m1/s1. The van der Waals surface area contributed by atoms with Crippen LogP contribution in [-0.4, -0.2) is 31.8 Å². The lowest BCUT2D eigenvalue weighted by Gasteiger charge is -2.28. The number of hydrogen-bond acceptors (Lipinski definition) is 4. The Bertz CT molecular complexity index is 630. The molecule has 23 heavy (non-hydrogen) atoms. The van der Waals surface area contributed by atoms with Crippen molar-refractivity contribution in [3.63, 3.8) is 0 Å². The number of carbonyl (C=O) groups is 2. The lowest BCUT2D eigenvalue weighted by atomic mass is 9.95. The van der Waals surface area contributed by atoms with Crippen LogP contribution in [0.2, 0.25) is 0 Å². The first-order chi connectivity index (χ1) is 11.0. The number of urea groups is 1. The summed E-state index contributed by atoms with van der Waals surface area (Å²) in [6.45, 7) is 4.63. The fraction of sp³-hybridized carbons (Fsp3) is 0.375. The Labute approximate surface area is 143 Å². The van der Waals surface area contributed by atoms with E-state index in [0.717, 1.165) is 10.0 Å². The second-order valence-corrected chi connectivity index (χ2v) is 5.78. The third-order valence-electron chi connectivity index (χ3n) is 3.37. The molecule has 0 aromatic heterocycles. The number of halogens is 1. The number of carbonyl (C=O) groups excluding carboxylic acids is 2. The number of allylic oxidation sites excluding steroid dienone is 1. The van der Waals surface area contributed by atoms with Crippen LogP contribution in [0.3, 0.4) is 0 Å². The second-order valence-electron chi connectivity index (χ2n) is 4.92. The van der Waals surface area contributed by atoms with Gasteiger partial charge in [0.15, 0.2) is 0 Å². The van der Waals surface area contributed by atoms with E-state index in [9.17, 15) is 9.59 Å². The van der Waals surface area contributed by atoms with Gasteiger partial charge in [-0.2, -0.15) is 0 Å². The molecule has 1 aromatic rings. The third kappa shape index (κ3) is 4.33. The molecule has 124 valence electrons. The average Bonchev–Trinajstić information content (AvgIpc) is 2.51. The Morgan fingerprint density at radius 3 is 2.74 bits per heavy atom. The van der Waals surface area contributed by atoms with Gasteiger partial charge in [0.2, 0.25) is 0 Å². The minimum Gasteiger partial charge on any atom is -0.460 e. The van der Waals surface area contributed by atoms with Gasteiger partial charge < -0.3 is 20.1 Å². The minimum absolute atomic E-state index is 0.167. The van der Waals surface area contributed by atoms with Crippen LogP contribution in [0.15, 0.2) is 40.0 Å². The smallest absolute Gasteiger partial charge is 0.338 e. The highest BCUT2D eigenvalue weighted by atomic mass is 79.9. The Balaban J connectivity index is 2.25. The molecule has 0 spiro atoms. The van der Waals surface area contributed by atoms with E-state index < -0.39 is 12.0 Å². The van der Waals surface area contributed by atoms with Gasteiger partial charge in [0, 0.05) is 16.8 Å². The summed E-state index contributed by atoms with van der Waals surface area (Å²) in [5.74, 6) is -0.476. The van der Waals surface area contributed by atoms with Crippen LogP contribution in [0.5, 0.6) is 0 Å². The topological polar surface area (TPSA) is 76.7 Å². The number of hydrogen-bond donors (Lipinski definition) is 2. The predicted octanol–water partition coefficient (Wildman–Crippen LogP) is 2.66. The Hall–Kier alpha value is -1.86. The molecule has 2 amide bonds. The third-order valence-corrected chi connectivity index (χ3v) is 4.09. The summed E-state index contributed by atoms with van der Waals surface area (Å²) in [7, 11) is 0. The molecule has 0 saturated carbocycles. The molecule has 1 aliphatic rings. The van der Waals surface area contributed by atoms with Gasteiger partial charge >= 0.3 is 12.0 Å². The first-order valence-corrected chi connectivity index (χ1v) is 8.11. The van der Waals surface area contributed by atoms with Crippen LogP contribution in [0, 0.1) is 0 Å². The molecule has 1 aliphatic heterocycles.